The van der Waals surface area contributed by atoms with Gasteiger partial charge in [-0.3, -0.25) is 0 Å². The first-order valence-corrected chi connectivity index (χ1v) is 9.30. The Balaban J connectivity index is 1.40. The first-order chi connectivity index (χ1) is 13.3. The van der Waals surface area contributed by atoms with Gasteiger partial charge < -0.3 is 16.0 Å². The van der Waals surface area contributed by atoms with Crippen LogP contribution in [-0.2, 0) is 6.54 Å². The van der Waals surface area contributed by atoms with Crippen LogP contribution in [0.1, 0.15) is 5.56 Å². The molecule has 6 nitrogen and oxygen atoms in total. The van der Waals surface area contributed by atoms with Crippen molar-refractivity contribution in [2.24, 2.45) is 0 Å². The highest BCUT2D eigenvalue weighted by Gasteiger charge is 2.06. The molecule has 0 aliphatic carbocycles. The van der Waals surface area contributed by atoms with Crippen LogP contribution in [0.2, 0.25) is 0 Å². The summed E-state index contributed by atoms with van der Waals surface area (Å²) in [5, 5.41) is 12.0. The van der Waals surface area contributed by atoms with E-state index in [9.17, 15) is 4.79 Å². The van der Waals surface area contributed by atoms with Gasteiger partial charge in [0.05, 0.1) is 5.39 Å². The van der Waals surface area contributed by atoms with Gasteiger partial charge in [-0.15, -0.1) is 11.3 Å². The van der Waals surface area contributed by atoms with E-state index in [2.05, 4.69) is 25.9 Å². The maximum Gasteiger partial charge on any atom is 0.323 e. The molecule has 0 spiro atoms. The standard InChI is InChI=1S/C20H17N5OS/c26-20(24-15-6-2-1-3-7-15)25-16-8-4-5-14(11-16)12-21-18-17-9-10-27-19(17)23-13-22-18/h1-11,13H,12H2,(H,21,22,23)(H2,24,25,26). The molecule has 0 bridgehead atoms. The average molecular weight is 375 g/mol. The summed E-state index contributed by atoms with van der Waals surface area (Å²) >= 11 is 1.59. The van der Waals surface area contributed by atoms with Crippen molar-refractivity contribution in [2.45, 2.75) is 6.54 Å². The average Bonchev–Trinajstić information content (AvgIpc) is 3.17. The van der Waals surface area contributed by atoms with Gasteiger partial charge in [-0.25, -0.2) is 14.8 Å². The number of amides is 2. The van der Waals surface area contributed by atoms with Crippen LogP contribution in [0.5, 0.6) is 0 Å². The number of fused-ring (bicyclic) bond motifs is 1. The van der Waals surface area contributed by atoms with Crippen molar-refractivity contribution >= 4 is 44.8 Å². The Kier molecular flexibility index (Phi) is 4.93. The summed E-state index contributed by atoms with van der Waals surface area (Å²) in [4.78, 5) is 21.7. The zero-order valence-corrected chi connectivity index (χ0v) is 15.2. The quantitative estimate of drug-likeness (QED) is 0.461. The number of aromatic nitrogens is 2. The van der Waals surface area contributed by atoms with Crippen LogP contribution in [0.4, 0.5) is 22.0 Å². The minimum absolute atomic E-state index is 0.276. The van der Waals surface area contributed by atoms with Gasteiger partial charge in [0.25, 0.3) is 0 Å². The second-order valence-corrected chi connectivity index (χ2v) is 6.76. The highest BCUT2D eigenvalue weighted by atomic mass is 32.1. The molecule has 0 saturated heterocycles. The molecule has 4 rings (SSSR count). The number of hydrogen-bond donors (Lipinski definition) is 3. The van der Waals surface area contributed by atoms with E-state index in [4.69, 9.17) is 0 Å². The van der Waals surface area contributed by atoms with E-state index in [-0.39, 0.29) is 6.03 Å². The van der Waals surface area contributed by atoms with Crippen molar-refractivity contribution in [3.05, 3.63) is 77.9 Å². The molecule has 134 valence electrons. The molecule has 0 fully saturated rings. The van der Waals surface area contributed by atoms with Crippen molar-refractivity contribution in [2.75, 3.05) is 16.0 Å². The number of urea groups is 1. The Labute approximate surface area is 160 Å². The van der Waals surface area contributed by atoms with E-state index in [1.807, 2.05) is 66.0 Å². The minimum atomic E-state index is -0.276. The normalized spacial score (nSPS) is 10.5. The molecule has 4 aromatic rings. The molecule has 2 amide bonds. The monoisotopic (exact) mass is 375 g/mol. The predicted molar refractivity (Wildman–Crippen MR) is 110 cm³/mol. The summed E-state index contributed by atoms with van der Waals surface area (Å²) < 4.78 is 0. The third-order valence-corrected chi connectivity index (χ3v) is 4.76. The van der Waals surface area contributed by atoms with Gasteiger partial charge >= 0.3 is 6.03 Å². The highest BCUT2D eigenvalue weighted by Crippen LogP contribution is 2.24. The lowest BCUT2D eigenvalue weighted by Crippen LogP contribution is -2.19. The molecule has 0 aliphatic heterocycles. The molecule has 0 atom stereocenters. The first kappa shape index (κ1) is 17.0. The van der Waals surface area contributed by atoms with Gasteiger partial charge in [0.2, 0.25) is 0 Å². The van der Waals surface area contributed by atoms with Crippen molar-refractivity contribution in [1.82, 2.24) is 9.97 Å². The zero-order chi connectivity index (χ0) is 18.5. The molecule has 7 heteroatoms. The fourth-order valence-corrected chi connectivity index (χ4v) is 3.42. The Morgan fingerprint density at radius 3 is 2.63 bits per heavy atom. The van der Waals surface area contributed by atoms with Gasteiger partial charge in [-0.1, -0.05) is 30.3 Å². The smallest absolute Gasteiger partial charge is 0.323 e. The third-order valence-electron chi connectivity index (χ3n) is 3.94. The summed E-state index contributed by atoms with van der Waals surface area (Å²) in [5.41, 5.74) is 2.51. The summed E-state index contributed by atoms with van der Waals surface area (Å²) in [6, 6.07) is 18.8. The number of para-hydroxylation sites is 1. The van der Waals surface area contributed by atoms with E-state index in [1.54, 1.807) is 17.7 Å². The highest BCUT2D eigenvalue weighted by molar-refractivity contribution is 7.16. The Bertz CT molecular complexity index is 1060. The number of carbonyl (C=O) groups is 1. The zero-order valence-electron chi connectivity index (χ0n) is 14.3. The molecule has 0 radical (unpaired) electrons. The van der Waals surface area contributed by atoms with Crippen LogP contribution in [0.25, 0.3) is 10.2 Å². The van der Waals surface area contributed by atoms with Crippen LogP contribution >= 0.6 is 11.3 Å². The summed E-state index contributed by atoms with van der Waals surface area (Å²) in [5.74, 6) is 0.807. The number of carbonyl (C=O) groups excluding carboxylic acids is 1. The Morgan fingerprint density at radius 2 is 1.74 bits per heavy atom. The van der Waals surface area contributed by atoms with E-state index in [0.29, 0.717) is 6.54 Å². The van der Waals surface area contributed by atoms with Crippen LogP contribution < -0.4 is 16.0 Å². The van der Waals surface area contributed by atoms with Gasteiger partial charge in [0, 0.05) is 17.9 Å². The lowest BCUT2D eigenvalue weighted by atomic mass is 10.2. The number of rotatable bonds is 5. The van der Waals surface area contributed by atoms with Crippen LogP contribution in [0.15, 0.2) is 72.4 Å². The van der Waals surface area contributed by atoms with E-state index >= 15 is 0 Å². The lowest BCUT2D eigenvalue weighted by molar-refractivity contribution is 0.262. The number of anilines is 3. The summed E-state index contributed by atoms with van der Waals surface area (Å²) in [6.45, 7) is 0.595. The topological polar surface area (TPSA) is 78.9 Å². The molecular formula is C20H17N5OS. The van der Waals surface area contributed by atoms with Crippen molar-refractivity contribution in [3.63, 3.8) is 0 Å². The Hall–Kier alpha value is -3.45. The van der Waals surface area contributed by atoms with E-state index in [0.717, 1.165) is 33.0 Å². The number of nitrogens with zero attached hydrogens (tertiary/aromatic N) is 2. The molecule has 0 aliphatic rings. The van der Waals surface area contributed by atoms with Gasteiger partial charge in [-0.2, -0.15) is 0 Å². The van der Waals surface area contributed by atoms with E-state index < -0.39 is 0 Å². The van der Waals surface area contributed by atoms with Crippen molar-refractivity contribution < 1.29 is 4.79 Å². The summed E-state index contributed by atoms with van der Waals surface area (Å²) in [6.07, 6.45) is 1.56. The Morgan fingerprint density at radius 1 is 0.926 bits per heavy atom. The molecule has 3 N–H and O–H groups in total. The number of thiophene rings is 1. The molecule has 2 aromatic carbocycles. The third kappa shape index (κ3) is 4.21. The van der Waals surface area contributed by atoms with Gasteiger partial charge in [0.1, 0.15) is 17.0 Å². The summed E-state index contributed by atoms with van der Waals surface area (Å²) in [7, 11) is 0. The predicted octanol–water partition coefficient (Wildman–Crippen LogP) is 4.95. The molecule has 2 heterocycles. The SMILES string of the molecule is O=C(Nc1ccccc1)Nc1cccc(CNc2ncnc3sccc23)c1. The fourth-order valence-electron chi connectivity index (χ4n) is 2.69. The largest absolute Gasteiger partial charge is 0.365 e. The molecule has 27 heavy (non-hydrogen) atoms. The number of benzene rings is 2. The molecule has 2 aromatic heterocycles. The van der Waals surface area contributed by atoms with Crippen LogP contribution in [0, 0.1) is 0 Å². The number of hydrogen-bond acceptors (Lipinski definition) is 5. The molecular weight excluding hydrogens is 358 g/mol. The second kappa shape index (κ2) is 7.84. The lowest BCUT2D eigenvalue weighted by Gasteiger charge is -2.10. The molecule has 0 unspecified atom stereocenters. The number of nitrogens with one attached hydrogen (secondary N) is 3. The van der Waals surface area contributed by atoms with E-state index in [1.165, 1.54) is 0 Å². The fraction of sp³-hybridized carbons (Fsp3) is 0.0500. The van der Waals surface area contributed by atoms with Crippen molar-refractivity contribution in [1.29, 1.82) is 0 Å². The second-order valence-electron chi connectivity index (χ2n) is 5.86. The van der Waals surface area contributed by atoms with Crippen LogP contribution in [-0.4, -0.2) is 16.0 Å². The van der Waals surface area contributed by atoms with Crippen molar-refractivity contribution in [3.8, 4) is 0 Å². The van der Waals surface area contributed by atoms with Gasteiger partial charge in [0.15, 0.2) is 0 Å². The molecule has 0 saturated carbocycles. The maximum atomic E-state index is 12.1. The first-order valence-electron chi connectivity index (χ1n) is 8.42. The van der Waals surface area contributed by atoms with Gasteiger partial charge in [-0.05, 0) is 41.3 Å². The van der Waals surface area contributed by atoms with Crippen LogP contribution in [0.3, 0.4) is 0 Å². The maximum absolute atomic E-state index is 12.1. The minimum Gasteiger partial charge on any atom is -0.365 e.